The number of hydrogen-bond donors (Lipinski definition) is 2. The molecule has 2 aromatic carbocycles. The minimum absolute atomic E-state index is 0.0244. The highest BCUT2D eigenvalue weighted by atomic mass is 35.5. The molecule has 0 heterocycles. The number of benzene rings is 2. The zero-order valence-corrected chi connectivity index (χ0v) is 16.3. The Bertz CT molecular complexity index is 884. The summed E-state index contributed by atoms with van der Waals surface area (Å²) in [7, 11) is 0. The van der Waals surface area contributed by atoms with E-state index in [1.54, 1.807) is 0 Å². The third-order valence-electron chi connectivity index (χ3n) is 4.81. The summed E-state index contributed by atoms with van der Waals surface area (Å²) in [4.78, 5) is 25.3. The number of halogens is 2. The third kappa shape index (κ3) is 4.14. The normalized spacial score (nSPS) is 15.1. The average Bonchev–Trinajstić information content (AvgIpc) is 3.40. The van der Waals surface area contributed by atoms with Gasteiger partial charge in [-0.1, -0.05) is 44.5 Å². The van der Waals surface area contributed by atoms with E-state index >= 15 is 0 Å². The first-order chi connectivity index (χ1) is 12.6. The van der Waals surface area contributed by atoms with Crippen LogP contribution in [0.2, 0.25) is 5.02 Å². The van der Waals surface area contributed by atoms with E-state index in [1.807, 2.05) is 24.3 Å². The van der Waals surface area contributed by atoms with Gasteiger partial charge in [-0.3, -0.25) is 9.59 Å². The highest BCUT2D eigenvalue weighted by Gasteiger charge is 2.56. The van der Waals surface area contributed by atoms with E-state index in [9.17, 15) is 14.0 Å². The largest absolute Gasteiger partial charge is 0.325 e. The van der Waals surface area contributed by atoms with E-state index < -0.39 is 17.1 Å². The van der Waals surface area contributed by atoms with Gasteiger partial charge in [-0.05, 0) is 54.2 Å². The zero-order chi connectivity index (χ0) is 19.8. The highest BCUT2D eigenvalue weighted by molar-refractivity contribution is 6.31. The summed E-state index contributed by atoms with van der Waals surface area (Å²) in [5.41, 5.74) is 1.10. The molecule has 2 N–H and O–H groups in total. The molecule has 3 rings (SSSR count). The van der Waals surface area contributed by atoms with Crippen LogP contribution in [0, 0.1) is 11.2 Å². The fourth-order valence-corrected chi connectivity index (χ4v) is 2.99. The van der Waals surface area contributed by atoms with E-state index in [4.69, 9.17) is 11.6 Å². The minimum atomic E-state index is -1.09. The van der Waals surface area contributed by atoms with E-state index in [0.29, 0.717) is 24.2 Å². The summed E-state index contributed by atoms with van der Waals surface area (Å²) >= 11 is 5.74. The molecular formula is C21H22ClFN2O2. The lowest BCUT2D eigenvalue weighted by Crippen LogP contribution is -2.35. The van der Waals surface area contributed by atoms with Crippen LogP contribution in [-0.2, 0) is 15.0 Å². The van der Waals surface area contributed by atoms with Crippen molar-refractivity contribution in [1.29, 1.82) is 0 Å². The topological polar surface area (TPSA) is 58.2 Å². The van der Waals surface area contributed by atoms with E-state index in [2.05, 4.69) is 31.4 Å². The molecule has 0 atom stereocenters. The summed E-state index contributed by atoms with van der Waals surface area (Å²) in [6.45, 7) is 6.35. The Morgan fingerprint density at radius 2 is 1.48 bits per heavy atom. The number of nitrogens with one attached hydrogen (secondary N) is 2. The molecule has 1 fully saturated rings. The Kier molecular flexibility index (Phi) is 5.00. The van der Waals surface area contributed by atoms with Crippen molar-refractivity contribution in [1.82, 2.24) is 0 Å². The molecule has 0 aromatic heterocycles. The van der Waals surface area contributed by atoms with Crippen LogP contribution in [0.4, 0.5) is 15.8 Å². The molecule has 2 aromatic rings. The molecule has 0 aliphatic heterocycles. The smallest absolute Gasteiger partial charge is 0.240 e. The van der Waals surface area contributed by atoms with Crippen LogP contribution >= 0.6 is 11.6 Å². The molecule has 1 aliphatic carbocycles. The maximum absolute atomic E-state index is 13.2. The molecule has 142 valence electrons. The monoisotopic (exact) mass is 388 g/mol. The molecule has 0 unspecified atom stereocenters. The Morgan fingerprint density at radius 3 is 1.96 bits per heavy atom. The van der Waals surface area contributed by atoms with Gasteiger partial charge in [0.1, 0.15) is 11.2 Å². The van der Waals surface area contributed by atoms with Crippen molar-refractivity contribution in [3.63, 3.8) is 0 Å². The van der Waals surface area contributed by atoms with Crippen LogP contribution in [0.25, 0.3) is 0 Å². The number of hydrogen-bond acceptors (Lipinski definition) is 2. The first-order valence-corrected chi connectivity index (χ1v) is 9.18. The molecule has 0 saturated heterocycles. The van der Waals surface area contributed by atoms with Crippen LogP contribution in [0.3, 0.4) is 0 Å². The Morgan fingerprint density at radius 1 is 0.963 bits per heavy atom. The molecule has 0 bridgehead atoms. The second-order valence-electron chi connectivity index (χ2n) is 7.95. The van der Waals surface area contributed by atoms with Crippen molar-refractivity contribution in [2.75, 3.05) is 10.6 Å². The highest BCUT2D eigenvalue weighted by Crippen LogP contribution is 2.47. The first kappa shape index (κ1) is 19.4. The van der Waals surface area contributed by atoms with Crippen molar-refractivity contribution < 1.29 is 14.0 Å². The summed E-state index contributed by atoms with van der Waals surface area (Å²) in [6, 6.07) is 11.5. The fraction of sp³-hybridized carbons (Fsp3) is 0.333. The molecule has 4 nitrogen and oxygen atoms in total. The quantitative estimate of drug-likeness (QED) is 0.713. The summed E-state index contributed by atoms with van der Waals surface area (Å²) in [5, 5.41) is 5.40. The van der Waals surface area contributed by atoms with Crippen molar-refractivity contribution >= 4 is 34.8 Å². The number of anilines is 2. The van der Waals surface area contributed by atoms with Crippen molar-refractivity contribution in [3.05, 3.63) is 58.9 Å². The predicted molar refractivity (Wildman–Crippen MR) is 105 cm³/mol. The molecule has 27 heavy (non-hydrogen) atoms. The van der Waals surface area contributed by atoms with Crippen LogP contribution in [0.5, 0.6) is 0 Å². The maximum atomic E-state index is 13.2. The first-order valence-electron chi connectivity index (χ1n) is 8.80. The summed E-state index contributed by atoms with van der Waals surface area (Å²) < 4.78 is 13.2. The fourth-order valence-electron chi connectivity index (χ4n) is 2.81. The van der Waals surface area contributed by atoms with Crippen LogP contribution in [0.1, 0.15) is 39.2 Å². The second kappa shape index (κ2) is 6.97. The number of carbonyl (C=O) groups is 2. The van der Waals surface area contributed by atoms with E-state index in [0.717, 1.165) is 5.56 Å². The van der Waals surface area contributed by atoms with Gasteiger partial charge in [0, 0.05) is 11.4 Å². The van der Waals surface area contributed by atoms with Crippen LogP contribution in [-0.4, -0.2) is 11.8 Å². The maximum Gasteiger partial charge on any atom is 0.240 e. The predicted octanol–water partition coefficient (Wildman–Crippen LogP) is 5.13. The van der Waals surface area contributed by atoms with Gasteiger partial charge in [-0.15, -0.1) is 0 Å². The lowest BCUT2D eigenvalue weighted by atomic mass is 9.87. The zero-order valence-electron chi connectivity index (χ0n) is 15.5. The molecule has 6 heteroatoms. The lowest BCUT2D eigenvalue weighted by Gasteiger charge is -2.20. The van der Waals surface area contributed by atoms with Gasteiger partial charge >= 0.3 is 0 Å². The second-order valence-corrected chi connectivity index (χ2v) is 8.35. The van der Waals surface area contributed by atoms with Crippen molar-refractivity contribution in [3.8, 4) is 0 Å². The standard InChI is InChI=1S/C21H22ClFN2O2/c1-20(2,3)13-4-6-14(7-5-13)24-18(26)21(10-11-21)19(27)25-15-8-9-17(23)16(22)12-15/h4-9,12H,10-11H2,1-3H3,(H,24,26)(H,25,27). The van der Waals surface area contributed by atoms with Gasteiger partial charge in [0.15, 0.2) is 0 Å². The Balaban J connectivity index is 1.68. The van der Waals surface area contributed by atoms with Crippen molar-refractivity contribution in [2.24, 2.45) is 5.41 Å². The molecular weight excluding hydrogens is 367 g/mol. The van der Waals surface area contributed by atoms with Crippen LogP contribution in [0.15, 0.2) is 42.5 Å². The number of rotatable bonds is 4. The van der Waals surface area contributed by atoms with Crippen molar-refractivity contribution in [2.45, 2.75) is 39.0 Å². The molecule has 2 amide bonds. The van der Waals surface area contributed by atoms with Gasteiger partial charge in [0.05, 0.1) is 5.02 Å². The molecule has 0 spiro atoms. The average molecular weight is 389 g/mol. The Labute approximate surface area is 163 Å². The van der Waals surface area contributed by atoms with Gasteiger partial charge < -0.3 is 10.6 Å². The van der Waals surface area contributed by atoms with Gasteiger partial charge in [-0.2, -0.15) is 0 Å². The van der Waals surface area contributed by atoms with Crippen LogP contribution < -0.4 is 10.6 Å². The van der Waals surface area contributed by atoms with Gasteiger partial charge in [-0.25, -0.2) is 4.39 Å². The SMILES string of the molecule is CC(C)(C)c1ccc(NC(=O)C2(C(=O)Nc3ccc(F)c(Cl)c3)CC2)cc1. The molecule has 0 radical (unpaired) electrons. The molecule has 1 saturated carbocycles. The third-order valence-corrected chi connectivity index (χ3v) is 5.10. The van der Waals surface area contributed by atoms with Gasteiger partial charge in [0.25, 0.3) is 0 Å². The summed E-state index contributed by atoms with van der Waals surface area (Å²) in [6.07, 6.45) is 0.944. The van der Waals surface area contributed by atoms with E-state index in [-0.39, 0.29) is 16.3 Å². The lowest BCUT2D eigenvalue weighted by molar-refractivity contribution is -0.131. The molecule has 1 aliphatic rings. The van der Waals surface area contributed by atoms with E-state index in [1.165, 1.54) is 18.2 Å². The number of amides is 2. The minimum Gasteiger partial charge on any atom is -0.325 e. The summed E-state index contributed by atoms with van der Waals surface area (Å²) in [5.74, 6) is -1.31. The Hall–Kier alpha value is -2.40. The number of carbonyl (C=O) groups excluding carboxylic acids is 2. The van der Waals surface area contributed by atoms with Gasteiger partial charge in [0.2, 0.25) is 11.8 Å².